The second-order valence-electron chi connectivity index (χ2n) is 8.80. The van der Waals surface area contributed by atoms with Crippen molar-refractivity contribution in [2.45, 2.75) is 75.7 Å². The molecule has 2 N–H and O–H groups in total. The molecule has 0 bridgehead atoms. The van der Waals surface area contributed by atoms with Crippen LogP contribution in [0.4, 0.5) is 0 Å². The monoisotopic (exact) mass is 421 g/mol. The number of aromatic nitrogens is 3. The fourth-order valence-corrected chi connectivity index (χ4v) is 4.83. The van der Waals surface area contributed by atoms with Crippen LogP contribution in [-0.4, -0.2) is 88.6 Å². The minimum atomic E-state index is -0.359. The molecule has 2 saturated heterocycles. The Bertz CT molecular complexity index is 672. The Hall–Kier alpha value is -1.55. The second kappa shape index (κ2) is 10.7. The van der Waals surface area contributed by atoms with Gasteiger partial charge in [0.2, 0.25) is 5.91 Å². The van der Waals surface area contributed by atoms with E-state index in [-0.39, 0.29) is 30.8 Å². The first kappa shape index (κ1) is 21.7. The molecule has 1 aromatic rings. The molecule has 3 fully saturated rings. The number of rotatable bonds is 8. The first-order valence-electron chi connectivity index (χ1n) is 11.5. The Labute approximate surface area is 178 Å². The van der Waals surface area contributed by atoms with Crippen LogP contribution in [0.5, 0.6) is 0 Å². The molecule has 0 radical (unpaired) electrons. The Morgan fingerprint density at radius 1 is 1.20 bits per heavy atom. The number of hydrogen-bond donors (Lipinski definition) is 2. The third-order valence-electron chi connectivity index (χ3n) is 6.62. The average Bonchev–Trinajstić information content (AvgIpc) is 3.45. The highest BCUT2D eigenvalue weighted by atomic mass is 16.5. The maximum Gasteiger partial charge on any atom is 0.234 e. The standard InChI is InChI=1S/C21H35N5O4/c27-15-20-18(22-21(28)14-25-9-11-29-12-10-25)6-5-17(30-20)7-8-26-13-19(23-24-26)16-3-1-2-4-16/h13,16-18,20,27H,1-12,14-15H2,(H,22,28)/t17-,18+,20-/m0/s1. The Morgan fingerprint density at radius 3 is 2.77 bits per heavy atom. The number of morpholine rings is 1. The summed E-state index contributed by atoms with van der Waals surface area (Å²) in [6, 6.07) is -0.139. The van der Waals surface area contributed by atoms with E-state index in [1.807, 2.05) is 4.68 Å². The van der Waals surface area contributed by atoms with Crippen LogP contribution < -0.4 is 5.32 Å². The molecule has 0 unspecified atom stereocenters. The highest BCUT2D eigenvalue weighted by Crippen LogP contribution is 2.32. The number of aryl methyl sites for hydroxylation is 1. The fraction of sp³-hybridized carbons (Fsp3) is 0.857. The lowest BCUT2D eigenvalue weighted by Crippen LogP contribution is -2.53. The van der Waals surface area contributed by atoms with Gasteiger partial charge in [-0.15, -0.1) is 5.10 Å². The van der Waals surface area contributed by atoms with Crippen molar-refractivity contribution >= 4 is 5.91 Å². The molecular weight excluding hydrogens is 386 g/mol. The molecule has 3 aliphatic rings. The molecule has 1 saturated carbocycles. The number of carbonyl (C=O) groups is 1. The topological polar surface area (TPSA) is 102 Å². The maximum atomic E-state index is 12.4. The second-order valence-corrected chi connectivity index (χ2v) is 8.80. The summed E-state index contributed by atoms with van der Waals surface area (Å²) in [4.78, 5) is 14.5. The van der Waals surface area contributed by atoms with Gasteiger partial charge in [0.05, 0.1) is 44.2 Å². The van der Waals surface area contributed by atoms with Crippen molar-refractivity contribution in [2.24, 2.45) is 0 Å². The van der Waals surface area contributed by atoms with Crippen LogP contribution in [0.3, 0.4) is 0 Å². The fourth-order valence-electron chi connectivity index (χ4n) is 4.83. The third-order valence-corrected chi connectivity index (χ3v) is 6.62. The van der Waals surface area contributed by atoms with Gasteiger partial charge in [0.25, 0.3) is 0 Å². The summed E-state index contributed by atoms with van der Waals surface area (Å²) in [5.41, 5.74) is 1.12. The van der Waals surface area contributed by atoms with Crippen LogP contribution in [0.15, 0.2) is 6.20 Å². The van der Waals surface area contributed by atoms with E-state index in [0.29, 0.717) is 25.7 Å². The number of ether oxygens (including phenoxy) is 2. The van der Waals surface area contributed by atoms with Gasteiger partial charge < -0.3 is 19.9 Å². The first-order valence-corrected chi connectivity index (χ1v) is 11.5. The lowest BCUT2D eigenvalue weighted by molar-refractivity contribution is -0.130. The van der Waals surface area contributed by atoms with Gasteiger partial charge in [0, 0.05) is 31.7 Å². The van der Waals surface area contributed by atoms with Gasteiger partial charge in [0.15, 0.2) is 0 Å². The molecule has 0 aromatic carbocycles. The van der Waals surface area contributed by atoms with E-state index in [9.17, 15) is 9.90 Å². The van der Waals surface area contributed by atoms with E-state index in [0.717, 1.165) is 44.6 Å². The van der Waals surface area contributed by atoms with E-state index in [1.165, 1.54) is 25.7 Å². The molecule has 3 atom stereocenters. The quantitative estimate of drug-likeness (QED) is 0.636. The molecule has 4 rings (SSSR count). The van der Waals surface area contributed by atoms with Crippen LogP contribution >= 0.6 is 0 Å². The van der Waals surface area contributed by atoms with Gasteiger partial charge in [-0.2, -0.15) is 0 Å². The average molecular weight is 422 g/mol. The van der Waals surface area contributed by atoms with Crippen LogP contribution in [0.1, 0.15) is 56.6 Å². The van der Waals surface area contributed by atoms with Gasteiger partial charge in [-0.1, -0.05) is 18.1 Å². The van der Waals surface area contributed by atoms with Crippen LogP contribution in [0.25, 0.3) is 0 Å². The molecule has 0 spiro atoms. The molecule has 2 aliphatic heterocycles. The summed E-state index contributed by atoms with van der Waals surface area (Å²) in [6.45, 7) is 3.96. The zero-order valence-corrected chi connectivity index (χ0v) is 17.7. The van der Waals surface area contributed by atoms with Crippen molar-refractivity contribution in [3.63, 3.8) is 0 Å². The highest BCUT2D eigenvalue weighted by molar-refractivity contribution is 5.78. The lowest BCUT2D eigenvalue weighted by atomic mass is 9.97. The Kier molecular flexibility index (Phi) is 7.70. The molecule has 3 heterocycles. The summed E-state index contributed by atoms with van der Waals surface area (Å²) in [5.74, 6) is 0.565. The first-order chi connectivity index (χ1) is 14.7. The predicted molar refractivity (Wildman–Crippen MR) is 110 cm³/mol. The zero-order chi connectivity index (χ0) is 20.8. The van der Waals surface area contributed by atoms with Gasteiger partial charge >= 0.3 is 0 Å². The normalized spacial score (nSPS) is 28.6. The van der Waals surface area contributed by atoms with Crippen LogP contribution in [0, 0.1) is 0 Å². The molecule has 30 heavy (non-hydrogen) atoms. The summed E-state index contributed by atoms with van der Waals surface area (Å²) in [7, 11) is 0. The molecule has 1 aliphatic carbocycles. The van der Waals surface area contributed by atoms with Crippen molar-refractivity contribution in [1.29, 1.82) is 0 Å². The maximum absolute atomic E-state index is 12.4. The van der Waals surface area contributed by atoms with E-state index < -0.39 is 0 Å². The van der Waals surface area contributed by atoms with Crippen molar-refractivity contribution in [3.05, 3.63) is 11.9 Å². The number of aliphatic hydroxyl groups is 1. The van der Waals surface area contributed by atoms with Crippen molar-refractivity contribution in [2.75, 3.05) is 39.5 Å². The summed E-state index contributed by atoms with van der Waals surface area (Å²) < 4.78 is 13.3. The summed E-state index contributed by atoms with van der Waals surface area (Å²) in [5, 5.41) is 21.5. The SMILES string of the molecule is O=C(CN1CCOCC1)N[C@@H]1CC[C@@H](CCn2cc(C3CCCC3)nn2)O[C@H]1CO. The van der Waals surface area contributed by atoms with Crippen molar-refractivity contribution in [1.82, 2.24) is 25.2 Å². The smallest absolute Gasteiger partial charge is 0.234 e. The summed E-state index contributed by atoms with van der Waals surface area (Å²) in [6.07, 6.45) is 9.33. The number of amides is 1. The summed E-state index contributed by atoms with van der Waals surface area (Å²) >= 11 is 0. The van der Waals surface area contributed by atoms with E-state index in [4.69, 9.17) is 9.47 Å². The number of nitrogens with one attached hydrogen (secondary N) is 1. The Balaban J connectivity index is 1.20. The van der Waals surface area contributed by atoms with Gasteiger partial charge in [0.1, 0.15) is 6.10 Å². The number of aliphatic hydroxyl groups excluding tert-OH is 1. The van der Waals surface area contributed by atoms with E-state index in [1.54, 1.807) is 0 Å². The zero-order valence-electron chi connectivity index (χ0n) is 17.7. The molecule has 9 heteroatoms. The molecule has 9 nitrogen and oxygen atoms in total. The molecular formula is C21H35N5O4. The number of hydrogen-bond acceptors (Lipinski definition) is 7. The van der Waals surface area contributed by atoms with E-state index in [2.05, 4.69) is 26.7 Å². The van der Waals surface area contributed by atoms with Crippen LogP contribution in [0.2, 0.25) is 0 Å². The number of nitrogens with zero attached hydrogens (tertiary/aromatic N) is 4. The molecule has 168 valence electrons. The highest BCUT2D eigenvalue weighted by Gasteiger charge is 2.32. The predicted octanol–water partition coefficient (Wildman–Crippen LogP) is 0.683. The largest absolute Gasteiger partial charge is 0.394 e. The van der Waals surface area contributed by atoms with E-state index >= 15 is 0 Å². The van der Waals surface area contributed by atoms with Gasteiger partial charge in [-0.25, -0.2) is 0 Å². The van der Waals surface area contributed by atoms with Crippen molar-refractivity contribution < 1.29 is 19.4 Å². The minimum Gasteiger partial charge on any atom is -0.394 e. The van der Waals surface area contributed by atoms with Gasteiger partial charge in [-0.05, 0) is 32.1 Å². The minimum absolute atomic E-state index is 0.00976. The van der Waals surface area contributed by atoms with Gasteiger partial charge in [-0.3, -0.25) is 14.4 Å². The van der Waals surface area contributed by atoms with Crippen molar-refractivity contribution in [3.8, 4) is 0 Å². The molecule has 1 aromatic heterocycles. The lowest BCUT2D eigenvalue weighted by Gasteiger charge is -2.36. The number of carbonyl (C=O) groups excluding carboxylic acids is 1. The molecule has 1 amide bonds. The third kappa shape index (κ3) is 5.78. The Morgan fingerprint density at radius 2 is 2.00 bits per heavy atom. The van der Waals surface area contributed by atoms with Crippen LogP contribution in [-0.2, 0) is 20.8 Å².